The van der Waals surface area contributed by atoms with E-state index in [2.05, 4.69) is 31.3 Å². The van der Waals surface area contributed by atoms with E-state index in [1.54, 1.807) is 28.9 Å². The van der Waals surface area contributed by atoms with Crippen molar-refractivity contribution in [1.29, 1.82) is 0 Å². The highest BCUT2D eigenvalue weighted by Crippen LogP contribution is 2.19. The summed E-state index contributed by atoms with van der Waals surface area (Å²) in [5.41, 5.74) is 1.48. The minimum absolute atomic E-state index is 0.278. The van der Waals surface area contributed by atoms with Crippen molar-refractivity contribution in [2.75, 3.05) is 5.32 Å². The van der Waals surface area contributed by atoms with Crippen LogP contribution in [0.4, 0.5) is 10.3 Å². The van der Waals surface area contributed by atoms with Crippen molar-refractivity contribution in [3.8, 4) is 0 Å². The van der Waals surface area contributed by atoms with Crippen LogP contribution >= 0.6 is 27.5 Å². The van der Waals surface area contributed by atoms with Crippen molar-refractivity contribution in [3.05, 3.63) is 57.4 Å². The monoisotopic (exact) mass is 354 g/mol. The fraction of sp³-hybridized carbons (Fsp3) is 0.0769. The predicted molar refractivity (Wildman–Crippen MR) is 79.4 cm³/mol. The zero-order valence-corrected chi connectivity index (χ0v) is 12.5. The van der Waals surface area contributed by atoms with Crippen LogP contribution in [0.1, 0.15) is 5.56 Å². The first-order valence-electron chi connectivity index (χ1n) is 5.81. The van der Waals surface area contributed by atoms with Crippen molar-refractivity contribution in [2.24, 2.45) is 0 Å². The summed E-state index contributed by atoms with van der Waals surface area (Å²) in [6.07, 6.45) is 1.67. The van der Waals surface area contributed by atoms with Crippen LogP contribution in [0.2, 0.25) is 5.02 Å². The van der Waals surface area contributed by atoms with Gasteiger partial charge >= 0.3 is 0 Å². The van der Waals surface area contributed by atoms with Crippen molar-refractivity contribution < 1.29 is 4.39 Å². The summed E-state index contributed by atoms with van der Waals surface area (Å²) >= 11 is 9.26. The number of rotatable bonds is 3. The van der Waals surface area contributed by atoms with Gasteiger partial charge in [-0.15, -0.1) is 5.10 Å². The van der Waals surface area contributed by atoms with Crippen LogP contribution in [0.5, 0.6) is 0 Å². The van der Waals surface area contributed by atoms with E-state index in [1.807, 2.05) is 0 Å². The number of benzene rings is 1. The molecule has 7 heteroatoms. The molecule has 0 radical (unpaired) electrons. The molecule has 0 unspecified atom stereocenters. The zero-order valence-electron chi connectivity index (χ0n) is 10.1. The first-order valence-corrected chi connectivity index (χ1v) is 6.99. The lowest BCUT2D eigenvalue weighted by molar-refractivity contribution is 0.625. The van der Waals surface area contributed by atoms with Gasteiger partial charge in [-0.1, -0.05) is 27.5 Å². The van der Waals surface area contributed by atoms with E-state index in [4.69, 9.17) is 11.6 Å². The highest BCUT2D eigenvalue weighted by Gasteiger charge is 2.06. The molecule has 0 saturated carbocycles. The van der Waals surface area contributed by atoms with Gasteiger partial charge in [-0.05, 0) is 35.9 Å². The molecule has 0 bridgehead atoms. The standard InChI is InChI=1S/C13H9BrClFN4/c14-11-3-2-10(16)5-8(11)6-17-13-18-12-4-1-9(15)7-20(12)19-13/h1-5,7H,6H2,(H,17,19). The molecule has 102 valence electrons. The van der Waals surface area contributed by atoms with Gasteiger partial charge in [0.25, 0.3) is 0 Å². The predicted octanol–water partition coefficient (Wildman–Crippen LogP) is 3.90. The molecule has 1 aromatic carbocycles. The summed E-state index contributed by atoms with van der Waals surface area (Å²) < 4.78 is 15.6. The average Bonchev–Trinajstić information content (AvgIpc) is 2.81. The van der Waals surface area contributed by atoms with Crippen molar-refractivity contribution in [3.63, 3.8) is 0 Å². The van der Waals surface area contributed by atoms with Gasteiger partial charge in [0.15, 0.2) is 5.65 Å². The van der Waals surface area contributed by atoms with Gasteiger partial charge in [0.2, 0.25) is 5.95 Å². The Kier molecular flexibility index (Phi) is 3.58. The second-order valence-corrected chi connectivity index (χ2v) is 5.47. The van der Waals surface area contributed by atoms with Crippen molar-refractivity contribution in [2.45, 2.75) is 6.54 Å². The van der Waals surface area contributed by atoms with E-state index in [0.717, 1.165) is 10.0 Å². The van der Waals surface area contributed by atoms with Crippen LogP contribution < -0.4 is 5.32 Å². The van der Waals surface area contributed by atoms with Crippen LogP contribution in [-0.4, -0.2) is 14.6 Å². The molecule has 0 aliphatic heterocycles. The number of hydrogen-bond donors (Lipinski definition) is 1. The second kappa shape index (κ2) is 5.38. The third-order valence-corrected chi connectivity index (χ3v) is 3.74. The van der Waals surface area contributed by atoms with Gasteiger partial charge in [-0.3, -0.25) is 0 Å². The van der Waals surface area contributed by atoms with E-state index >= 15 is 0 Å². The Morgan fingerprint density at radius 3 is 3.00 bits per heavy atom. The third kappa shape index (κ3) is 2.76. The minimum atomic E-state index is -0.278. The normalized spacial score (nSPS) is 10.9. The van der Waals surface area contributed by atoms with Crippen molar-refractivity contribution >= 4 is 39.1 Å². The number of hydrogen-bond acceptors (Lipinski definition) is 3. The number of anilines is 1. The molecule has 0 saturated heterocycles. The topological polar surface area (TPSA) is 42.2 Å². The molecule has 0 fully saturated rings. The van der Waals surface area contributed by atoms with Crippen LogP contribution in [0.25, 0.3) is 5.65 Å². The molecule has 0 amide bonds. The molecule has 1 N–H and O–H groups in total. The molecule has 2 heterocycles. The summed E-state index contributed by atoms with van der Waals surface area (Å²) in [5.74, 6) is 0.183. The molecular weight excluding hydrogens is 347 g/mol. The van der Waals surface area contributed by atoms with Crippen LogP contribution in [-0.2, 0) is 6.54 Å². The van der Waals surface area contributed by atoms with E-state index in [-0.39, 0.29) is 5.82 Å². The van der Waals surface area contributed by atoms with Crippen molar-refractivity contribution in [1.82, 2.24) is 14.6 Å². The van der Waals surface area contributed by atoms with Gasteiger partial charge in [-0.25, -0.2) is 8.91 Å². The Labute approximate surface area is 127 Å². The highest BCUT2D eigenvalue weighted by atomic mass is 79.9. The van der Waals surface area contributed by atoms with Crippen LogP contribution in [0.15, 0.2) is 41.0 Å². The summed E-state index contributed by atoms with van der Waals surface area (Å²) in [5, 5.41) is 7.88. The first-order chi connectivity index (χ1) is 9.61. The number of nitrogens with zero attached hydrogens (tertiary/aromatic N) is 3. The smallest absolute Gasteiger partial charge is 0.243 e. The molecular formula is C13H9BrClFN4. The summed E-state index contributed by atoms with van der Waals surface area (Å²) in [7, 11) is 0. The first kappa shape index (κ1) is 13.3. The molecule has 0 aliphatic carbocycles. The fourth-order valence-corrected chi connectivity index (χ4v) is 2.33. The maximum Gasteiger partial charge on any atom is 0.243 e. The number of nitrogens with one attached hydrogen (secondary N) is 1. The fourth-order valence-electron chi connectivity index (χ4n) is 1.79. The lowest BCUT2D eigenvalue weighted by Gasteiger charge is -2.04. The molecule has 20 heavy (non-hydrogen) atoms. The third-order valence-electron chi connectivity index (χ3n) is 2.74. The number of pyridine rings is 1. The Morgan fingerprint density at radius 2 is 2.15 bits per heavy atom. The Balaban J connectivity index is 1.81. The summed E-state index contributed by atoms with van der Waals surface area (Å²) in [6, 6.07) is 8.06. The lowest BCUT2D eigenvalue weighted by Crippen LogP contribution is -2.02. The summed E-state index contributed by atoms with van der Waals surface area (Å²) in [6.45, 7) is 0.420. The second-order valence-electron chi connectivity index (χ2n) is 4.17. The maximum absolute atomic E-state index is 13.2. The largest absolute Gasteiger partial charge is 0.349 e. The molecule has 3 rings (SSSR count). The highest BCUT2D eigenvalue weighted by molar-refractivity contribution is 9.10. The Morgan fingerprint density at radius 1 is 1.30 bits per heavy atom. The van der Waals surface area contributed by atoms with Crippen LogP contribution in [0.3, 0.4) is 0 Å². The molecule has 2 aromatic heterocycles. The molecule has 4 nitrogen and oxygen atoms in total. The maximum atomic E-state index is 13.2. The Hall–Kier alpha value is -1.66. The zero-order chi connectivity index (χ0) is 14.1. The van der Waals surface area contributed by atoms with E-state index < -0.39 is 0 Å². The minimum Gasteiger partial charge on any atom is -0.349 e. The van der Waals surface area contributed by atoms with Crippen LogP contribution in [0, 0.1) is 5.82 Å². The molecule has 0 spiro atoms. The number of fused-ring (bicyclic) bond motifs is 1. The Bertz CT molecular complexity index is 774. The van der Waals surface area contributed by atoms with Gasteiger partial charge < -0.3 is 5.32 Å². The lowest BCUT2D eigenvalue weighted by atomic mass is 10.2. The number of aromatic nitrogens is 3. The number of halogens is 3. The van der Waals surface area contributed by atoms with Gasteiger partial charge in [-0.2, -0.15) is 4.98 Å². The van der Waals surface area contributed by atoms with E-state index in [1.165, 1.54) is 12.1 Å². The quantitative estimate of drug-likeness (QED) is 0.775. The SMILES string of the molecule is Fc1ccc(Br)c(CNc2nc3ccc(Cl)cn3n2)c1. The van der Waals surface area contributed by atoms with Gasteiger partial charge in [0, 0.05) is 17.2 Å². The van der Waals surface area contributed by atoms with Gasteiger partial charge in [0.1, 0.15) is 5.82 Å². The average molecular weight is 356 g/mol. The molecule has 3 aromatic rings. The summed E-state index contributed by atoms with van der Waals surface area (Å²) in [4.78, 5) is 4.29. The molecule has 0 atom stereocenters. The van der Waals surface area contributed by atoms with E-state index in [9.17, 15) is 4.39 Å². The van der Waals surface area contributed by atoms with E-state index in [0.29, 0.717) is 23.2 Å². The van der Waals surface area contributed by atoms with Gasteiger partial charge in [0.05, 0.1) is 5.02 Å². The molecule has 0 aliphatic rings.